The van der Waals surface area contributed by atoms with Crippen molar-refractivity contribution in [1.29, 1.82) is 0 Å². The Morgan fingerprint density at radius 1 is 1.05 bits per heavy atom. The summed E-state index contributed by atoms with van der Waals surface area (Å²) in [5.74, 6) is 2.08. The number of nitrogens with zero attached hydrogens (tertiary/aromatic N) is 3. The number of urea groups is 2. The molecular weight excluding hydrogens is 486 g/mol. The van der Waals surface area contributed by atoms with Gasteiger partial charge in [0, 0.05) is 58.0 Å². The molecule has 2 fully saturated rings. The SMILES string of the molecule is CCNC(=O)N(CCN1CCN(C(=O)Nc2c(C(C)C)cccc2C(C)C)CC1)CC1=CCC2CC1C2(C)C. The van der Waals surface area contributed by atoms with Crippen molar-refractivity contribution in [3.05, 3.63) is 41.0 Å². The van der Waals surface area contributed by atoms with E-state index in [1.807, 2.05) is 16.7 Å². The lowest BCUT2D eigenvalue weighted by atomic mass is 9.49. The molecule has 216 valence electrons. The van der Waals surface area contributed by atoms with Crippen LogP contribution in [0.4, 0.5) is 15.3 Å². The van der Waals surface area contributed by atoms with E-state index in [0.717, 1.165) is 44.2 Å². The average Bonchev–Trinajstić information content (AvgIpc) is 2.91. The van der Waals surface area contributed by atoms with Crippen molar-refractivity contribution in [3.63, 3.8) is 0 Å². The Labute approximate surface area is 236 Å². The summed E-state index contributed by atoms with van der Waals surface area (Å²) in [7, 11) is 0. The smallest absolute Gasteiger partial charge is 0.321 e. The van der Waals surface area contributed by atoms with Gasteiger partial charge in [0.15, 0.2) is 0 Å². The van der Waals surface area contributed by atoms with Crippen molar-refractivity contribution < 1.29 is 9.59 Å². The number of carbonyl (C=O) groups excluding carboxylic acids is 2. The number of amides is 4. The van der Waals surface area contributed by atoms with Crippen molar-refractivity contribution in [2.24, 2.45) is 17.3 Å². The summed E-state index contributed by atoms with van der Waals surface area (Å²) in [5, 5.41) is 6.29. The number of rotatable bonds is 9. The predicted octanol–water partition coefficient (Wildman–Crippen LogP) is 6.11. The van der Waals surface area contributed by atoms with Crippen LogP contribution in [0.1, 0.15) is 84.3 Å². The zero-order chi connectivity index (χ0) is 28.3. The van der Waals surface area contributed by atoms with E-state index >= 15 is 0 Å². The van der Waals surface area contributed by atoms with Crippen LogP contribution in [0, 0.1) is 17.3 Å². The number of piperazine rings is 1. The summed E-state index contributed by atoms with van der Waals surface area (Å²) in [6.45, 7) is 21.3. The molecule has 1 saturated heterocycles. The Kier molecular flexibility index (Phi) is 9.30. The highest BCUT2D eigenvalue weighted by atomic mass is 16.2. The second-order valence-corrected chi connectivity index (χ2v) is 13.0. The standard InChI is InChI=1S/C32H51N5O2/c1-8-33-30(38)37(21-24-12-13-25-20-28(24)32(25,6)7)19-16-35-14-17-36(18-15-35)31(39)34-29-26(22(2)3)10-9-11-27(29)23(4)5/h9-12,22-23,25,28H,8,13-21H2,1-7H3,(H,33,38)(H,34,39). The second kappa shape index (κ2) is 12.3. The van der Waals surface area contributed by atoms with Crippen LogP contribution in [0.2, 0.25) is 0 Å². The third-order valence-electron chi connectivity index (χ3n) is 9.52. The molecule has 5 rings (SSSR count). The molecule has 0 spiro atoms. The first kappa shape index (κ1) is 29.4. The van der Waals surface area contributed by atoms with E-state index in [2.05, 4.69) is 81.4 Å². The summed E-state index contributed by atoms with van der Waals surface area (Å²) in [4.78, 5) is 32.5. The zero-order valence-electron chi connectivity index (χ0n) is 25.3. The number of nitrogens with one attached hydrogen (secondary N) is 2. The first-order valence-electron chi connectivity index (χ1n) is 15.2. The van der Waals surface area contributed by atoms with Crippen LogP contribution in [0.3, 0.4) is 0 Å². The molecule has 2 N–H and O–H groups in total. The van der Waals surface area contributed by atoms with E-state index in [1.165, 1.54) is 23.1 Å². The molecule has 39 heavy (non-hydrogen) atoms. The van der Waals surface area contributed by atoms with E-state index < -0.39 is 0 Å². The third kappa shape index (κ3) is 6.45. The molecule has 1 aromatic rings. The number of hydrogen-bond acceptors (Lipinski definition) is 3. The molecule has 7 nitrogen and oxygen atoms in total. The van der Waals surface area contributed by atoms with Gasteiger partial charge in [-0.2, -0.15) is 0 Å². The van der Waals surface area contributed by atoms with Gasteiger partial charge in [-0.1, -0.05) is 71.4 Å². The number of anilines is 1. The highest BCUT2D eigenvalue weighted by Crippen LogP contribution is 2.59. The van der Waals surface area contributed by atoms with E-state index in [4.69, 9.17) is 0 Å². The fraction of sp³-hybridized carbons (Fsp3) is 0.688. The normalized spacial score (nSPS) is 22.4. The monoisotopic (exact) mass is 537 g/mol. The van der Waals surface area contributed by atoms with Gasteiger partial charge in [-0.05, 0) is 60.0 Å². The molecule has 1 aromatic carbocycles. The fourth-order valence-electron chi connectivity index (χ4n) is 6.71. The molecule has 4 amide bonds. The van der Waals surface area contributed by atoms with E-state index in [1.54, 1.807) is 0 Å². The first-order valence-corrected chi connectivity index (χ1v) is 15.2. The van der Waals surface area contributed by atoms with Crippen LogP contribution < -0.4 is 10.6 Å². The van der Waals surface area contributed by atoms with Gasteiger partial charge < -0.3 is 20.4 Å². The van der Waals surface area contributed by atoms with Crippen molar-refractivity contribution in [2.45, 2.75) is 73.1 Å². The first-order chi connectivity index (χ1) is 18.5. The maximum atomic E-state index is 13.3. The number of para-hydroxylation sites is 1. The highest BCUT2D eigenvalue weighted by Gasteiger charge is 2.51. The quantitative estimate of drug-likeness (QED) is 0.374. The van der Waals surface area contributed by atoms with Gasteiger partial charge in [0.25, 0.3) is 0 Å². The number of benzene rings is 1. The van der Waals surface area contributed by atoms with Gasteiger partial charge in [-0.15, -0.1) is 0 Å². The van der Waals surface area contributed by atoms with E-state index in [9.17, 15) is 9.59 Å². The van der Waals surface area contributed by atoms with Gasteiger partial charge in [-0.3, -0.25) is 4.90 Å². The molecule has 1 aliphatic heterocycles. The lowest BCUT2D eigenvalue weighted by Gasteiger charge is -2.57. The van der Waals surface area contributed by atoms with Crippen LogP contribution in [0.25, 0.3) is 0 Å². The zero-order valence-corrected chi connectivity index (χ0v) is 25.3. The minimum Gasteiger partial charge on any atom is -0.338 e. The second-order valence-electron chi connectivity index (χ2n) is 13.0. The molecule has 7 heteroatoms. The maximum absolute atomic E-state index is 13.3. The van der Waals surface area contributed by atoms with Crippen LogP contribution in [-0.2, 0) is 0 Å². The van der Waals surface area contributed by atoms with Crippen LogP contribution in [0.5, 0.6) is 0 Å². The molecule has 2 bridgehead atoms. The largest absolute Gasteiger partial charge is 0.338 e. The van der Waals surface area contributed by atoms with Crippen molar-refractivity contribution in [3.8, 4) is 0 Å². The van der Waals surface area contributed by atoms with Crippen LogP contribution >= 0.6 is 0 Å². The highest BCUT2D eigenvalue weighted by molar-refractivity contribution is 5.91. The number of hydrogen-bond donors (Lipinski definition) is 2. The summed E-state index contributed by atoms with van der Waals surface area (Å²) in [6.07, 6.45) is 4.81. The fourth-order valence-corrected chi connectivity index (χ4v) is 6.71. The summed E-state index contributed by atoms with van der Waals surface area (Å²) < 4.78 is 0. The Hall–Kier alpha value is -2.54. The summed E-state index contributed by atoms with van der Waals surface area (Å²) in [5.41, 5.74) is 5.16. The molecular formula is C32H51N5O2. The molecule has 0 radical (unpaired) electrons. The van der Waals surface area contributed by atoms with Gasteiger partial charge in [0.05, 0.1) is 0 Å². The number of carbonyl (C=O) groups is 2. The topological polar surface area (TPSA) is 67.9 Å². The summed E-state index contributed by atoms with van der Waals surface area (Å²) in [6, 6.07) is 6.36. The van der Waals surface area contributed by atoms with Gasteiger partial charge in [0.2, 0.25) is 0 Å². The van der Waals surface area contributed by atoms with Crippen molar-refractivity contribution in [2.75, 3.05) is 57.7 Å². The molecule has 1 saturated carbocycles. The molecule has 4 aliphatic rings. The average molecular weight is 538 g/mol. The number of fused-ring (bicyclic) bond motifs is 1. The minimum absolute atomic E-state index is 0.0146. The van der Waals surface area contributed by atoms with Crippen LogP contribution in [0.15, 0.2) is 29.8 Å². The predicted molar refractivity (Wildman–Crippen MR) is 160 cm³/mol. The molecule has 1 heterocycles. The Bertz CT molecular complexity index is 1030. The Morgan fingerprint density at radius 2 is 1.69 bits per heavy atom. The molecule has 2 unspecified atom stereocenters. The minimum atomic E-state index is -0.0146. The summed E-state index contributed by atoms with van der Waals surface area (Å²) >= 11 is 0. The lowest BCUT2D eigenvalue weighted by molar-refractivity contribution is -0.00982. The molecule has 0 aromatic heterocycles. The molecule has 3 aliphatic carbocycles. The number of allylic oxidation sites excluding steroid dienone is 1. The van der Waals surface area contributed by atoms with E-state index in [-0.39, 0.29) is 12.1 Å². The Morgan fingerprint density at radius 3 is 2.23 bits per heavy atom. The van der Waals surface area contributed by atoms with Gasteiger partial charge in [0.1, 0.15) is 0 Å². The van der Waals surface area contributed by atoms with E-state index in [0.29, 0.717) is 49.3 Å². The van der Waals surface area contributed by atoms with Crippen LogP contribution in [-0.4, -0.2) is 79.1 Å². The van der Waals surface area contributed by atoms with Crippen molar-refractivity contribution >= 4 is 17.7 Å². The van der Waals surface area contributed by atoms with Gasteiger partial charge >= 0.3 is 12.1 Å². The maximum Gasteiger partial charge on any atom is 0.321 e. The van der Waals surface area contributed by atoms with Gasteiger partial charge in [-0.25, -0.2) is 9.59 Å². The van der Waals surface area contributed by atoms with Crippen molar-refractivity contribution in [1.82, 2.24) is 20.0 Å². The lowest BCUT2D eigenvalue weighted by Crippen LogP contribution is -2.53. The molecule has 2 atom stereocenters. The Balaban J connectivity index is 1.31. The third-order valence-corrected chi connectivity index (χ3v) is 9.52.